The van der Waals surface area contributed by atoms with E-state index >= 15 is 0 Å². The largest absolute Gasteiger partial charge is 0.397 e. The van der Waals surface area contributed by atoms with E-state index < -0.39 is 12.1 Å². The standard InChI is InChI=1S/C34H34N8O4/c1-37-31(43)19-11-13-29(27(35)15-19)41-33(45)39-17-25-21-7-3-5-9-23(21)26(24-10-6-4-8-22(24)25)18-40-34(46)42-30-14-12-20(16-28(30)36)32(44)38-2/h3-16H,17-18,35-36H2,1-2H3,(H,37,43)(H,38,44)(H2,39,41,45)(H2,40,42,46). The van der Waals surface area contributed by atoms with Crippen LogP contribution in [0.15, 0.2) is 84.9 Å². The smallest absolute Gasteiger partial charge is 0.319 e. The van der Waals surface area contributed by atoms with E-state index in [9.17, 15) is 19.2 Å². The number of nitrogen functional groups attached to an aromatic ring is 2. The summed E-state index contributed by atoms with van der Waals surface area (Å²) in [4.78, 5) is 49.6. The number of nitrogens with two attached hydrogens (primary N) is 2. The fourth-order valence-electron chi connectivity index (χ4n) is 5.28. The maximum Gasteiger partial charge on any atom is 0.319 e. The van der Waals surface area contributed by atoms with E-state index in [1.165, 1.54) is 26.2 Å². The van der Waals surface area contributed by atoms with Gasteiger partial charge in [-0.25, -0.2) is 9.59 Å². The molecule has 10 N–H and O–H groups in total. The van der Waals surface area contributed by atoms with E-state index in [0.717, 1.165) is 32.7 Å². The molecule has 12 heteroatoms. The number of hydrogen-bond donors (Lipinski definition) is 8. The van der Waals surface area contributed by atoms with Gasteiger partial charge in [0, 0.05) is 38.3 Å². The highest BCUT2D eigenvalue weighted by Gasteiger charge is 2.16. The first-order valence-corrected chi connectivity index (χ1v) is 14.4. The van der Waals surface area contributed by atoms with Crippen LogP contribution in [0.25, 0.3) is 21.5 Å². The lowest BCUT2D eigenvalue weighted by Gasteiger charge is -2.18. The number of anilines is 4. The lowest BCUT2D eigenvalue weighted by molar-refractivity contribution is 0.0955. The van der Waals surface area contributed by atoms with Crippen LogP contribution >= 0.6 is 0 Å². The van der Waals surface area contributed by atoms with Crippen molar-refractivity contribution in [1.29, 1.82) is 0 Å². The maximum absolute atomic E-state index is 12.9. The molecule has 12 nitrogen and oxygen atoms in total. The molecule has 0 aliphatic rings. The highest BCUT2D eigenvalue weighted by Crippen LogP contribution is 2.33. The van der Waals surface area contributed by atoms with Gasteiger partial charge in [0.15, 0.2) is 0 Å². The molecule has 0 atom stereocenters. The van der Waals surface area contributed by atoms with Gasteiger partial charge in [-0.15, -0.1) is 0 Å². The highest BCUT2D eigenvalue weighted by molar-refractivity contribution is 6.07. The molecule has 234 valence electrons. The third kappa shape index (κ3) is 6.60. The fourth-order valence-corrected chi connectivity index (χ4v) is 5.28. The molecule has 0 radical (unpaired) electrons. The molecule has 5 aromatic carbocycles. The number of rotatable bonds is 8. The van der Waals surface area contributed by atoms with Gasteiger partial charge in [0.2, 0.25) is 0 Å². The minimum absolute atomic E-state index is 0.211. The van der Waals surface area contributed by atoms with Crippen molar-refractivity contribution in [1.82, 2.24) is 21.3 Å². The zero-order valence-electron chi connectivity index (χ0n) is 25.3. The first-order valence-electron chi connectivity index (χ1n) is 14.4. The Balaban J connectivity index is 1.35. The molecule has 0 aliphatic carbocycles. The van der Waals surface area contributed by atoms with E-state index in [0.29, 0.717) is 22.5 Å². The fraction of sp³-hybridized carbons (Fsp3) is 0.118. The first-order chi connectivity index (χ1) is 22.2. The number of fused-ring (bicyclic) bond motifs is 2. The van der Waals surface area contributed by atoms with E-state index in [2.05, 4.69) is 31.9 Å². The molecule has 5 aromatic rings. The molecule has 0 saturated carbocycles. The second kappa shape index (κ2) is 13.6. The number of hydrogen-bond acceptors (Lipinski definition) is 6. The van der Waals surface area contributed by atoms with Crippen LogP contribution in [-0.2, 0) is 13.1 Å². The molecule has 0 spiro atoms. The van der Waals surface area contributed by atoms with Gasteiger partial charge in [-0.3, -0.25) is 9.59 Å². The van der Waals surface area contributed by atoms with Crippen LogP contribution in [0.3, 0.4) is 0 Å². The number of urea groups is 2. The SMILES string of the molecule is CNC(=O)c1ccc(NC(=O)NCc2c3ccccc3c(CNC(=O)Nc3ccc(C(=O)NC)cc3N)c3ccccc23)c(N)c1. The molecule has 6 amide bonds. The van der Waals surface area contributed by atoms with Gasteiger partial charge in [-0.2, -0.15) is 0 Å². The summed E-state index contributed by atoms with van der Waals surface area (Å²) in [5, 5.41) is 20.1. The molecule has 0 saturated heterocycles. The molecule has 0 unspecified atom stereocenters. The summed E-state index contributed by atoms with van der Waals surface area (Å²) < 4.78 is 0. The van der Waals surface area contributed by atoms with E-state index in [1.54, 1.807) is 24.3 Å². The Kier molecular flexibility index (Phi) is 9.18. The van der Waals surface area contributed by atoms with Crippen molar-refractivity contribution in [2.24, 2.45) is 0 Å². The Morgan fingerprint density at radius 1 is 0.543 bits per heavy atom. The number of benzene rings is 5. The van der Waals surface area contributed by atoms with Crippen LogP contribution in [0.5, 0.6) is 0 Å². The molecule has 0 aliphatic heterocycles. The predicted octanol–water partition coefficient (Wildman–Crippen LogP) is 4.52. The van der Waals surface area contributed by atoms with Gasteiger partial charge >= 0.3 is 12.1 Å². The molecule has 5 rings (SSSR count). The van der Waals surface area contributed by atoms with Gasteiger partial charge in [-0.05, 0) is 69.1 Å². The summed E-state index contributed by atoms with van der Waals surface area (Å²) in [5.74, 6) is -0.557. The molecule has 0 bridgehead atoms. The average Bonchev–Trinajstić information content (AvgIpc) is 3.07. The summed E-state index contributed by atoms with van der Waals surface area (Å²) in [6.07, 6.45) is 0. The number of nitrogens with one attached hydrogen (secondary N) is 6. The van der Waals surface area contributed by atoms with Crippen molar-refractivity contribution in [2.45, 2.75) is 13.1 Å². The number of carbonyl (C=O) groups is 4. The predicted molar refractivity (Wildman–Crippen MR) is 182 cm³/mol. The average molecular weight is 619 g/mol. The number of carbonyl (C=O) groups excluding carboxylic acids is 4. The Morgan fingerprint density at radius 3 is 1.20 bits per heavy atom. The van der Waals surface area contributed by atoms with Crippen LogP contribution in [0.2, 0.25) is 0 Å². The van der Waals surface area contributed by atoms with Crippen molar-refractivity contribution >= 4 is 68.2 Å². The molecular formula is C34H34N8O4. The van der Waals surface area contributed by atoms with Crippen molar-refractivity contribution in [3.8, 4) is 0 Å². The third-order valence-corrected chi connectivity index (χ3v) is 7.58. The second-order valence-electron chi connectivity index (χ2n) is 10.4. The summed E-state index contributed by atoms with van der Waals surface area (Å²) in [7, 11) is 3.06. The summed E-state index contributed by atoms with van der Waals surface area (Å²) in [6.45, 7) is 0.422. The lowest BCUT2D eigenvalue weighted by Crippen LogP contribution is -2.29. The van der Waals surface area contributed by atoms with Gasteiger partial charge in [0.05, 0.1) is 22.7 Å². The van der Waals surface area contributed by atoms with Crippen molar-refractivity contribution in [3.05, 3.63) is 107 Å². The topological polar surface area (TPSA) is 193 Å². The quantitative estimate of drug-likeness (QED) is 0.0931. The zero-order chi connectivity index (χ0) is 32.8. The van der Waals surface area contributed by atoms with Crippen LogP contribution in [0.1, 0.15) is 31.8 Å². The van der Waals surface area contributed by atoms with E-state index in [1.807, 2.05) is 48.5 Å². The molecule has 46 heavy (non-hydrogen) atoms. The van der Waals surface area contributed by atoms with Crippen LogP contribution in [-0.4, -0.2) is 38.0 Å². The van der Waals surface area contributed by atoms with Crippen molar-refractivity contribution in [2.75, 3.05) is 36.2 Å². The van der Waals surface area contributed by atoms with E-state index in [-0.39, 0.29) is 36.3 Å². The maximum atomic E-state index is 12.9. The number of amides is 6. The van der Waals surface area contributed by atoms with Crippen molar-refractivity contribution in [3.63, 3.8) is 0 Å². The molecule has 0 heterocycles. The summed E-state index contributed by atoms with van der Waals surface area (Å²) >= 11 is 0. The Labute approximate surface area is 264 Å². The van der Waals surface area contributed by atoms with Gasteiger partial charge in [-0.1, -0.05) is 48.5 Å². The lowest BCUT2D eigenvalue weighted by atomic mass is 9.91. The Bertz CT molecular complexity index is 1790. The van der Waals surface area contributed by atoms with Crippen LogP contribution in [0, 0.1) is 0 Å². The Hall–Kier alpha value is -6.30. The third-order valence-electron chi connectivity index (χ3n) is 7.58. The minimum Gasteiger partial charge on any atom is -0.397 e. The second-order valence-corrected chi connectivity index (χ2v) is 10.4. The summed E-state index contributed by atoms with van der Waals surface area (Å²) in [6, 6.07) is 24.0. The summed E-state index contributed by atoms with van der Waals surface area (Å²) in [5.41, 5.74) is 16.0. The van der Waals surface area contributed by atoms with Gasteiger partial charge in [0.25, 0.3) is 11.8 Å². The highest BCUT2D eigenvalue weighted by atomic mass is 16.2. The molecular weight excluding hydrogens is 584 g/mol. The Morgan fingerprint density at radius 2 is 0.891 bits per heavy atom. The van der Waals surface area contributed by atoms with Crippen LogP contribution < -0.4 is 43.4 Å². The monoisotopic (exact) mass is 618 g/mol. The van der Waals surface area contributed by atoms with Gasteiger partial charge < -0.3 is 43.4 Å². The van der Waals surface area contributed by atoms with Crippen molar-refractivity contribution < 1.29 is 19.2 Å². The molecule has 0 aromatic heterocycles. The van der Waals surface area contributed by atoms with Crippen LogP contribution in [0.4, 0.5) is 32.3 Å². The van der Waals surface area contributed by atoms with E-state index in [4.69, 9.17) is 11.5 Å². The first kappa shape index (κ1) is 31.1. The normalized spacial score (nSPS) is 10.7. The molecule has 0 fully saturated rings. The zero-order valence-corrected chi connectivity index (χ0v) is 25.3. The minimum atomic E-state index is -0.461. The van der Waals surface area contributed by atoms with Gasteiger partial charge in [0.1, 0.15) is 0 Å².